The number of anilines is 3. The predicted molar refractivity (Wildman–Crippen MR) is 144 cm³/mol. The average molecular weight is 498 g/mol. The van der Waals surface area contributed by atoms with Crippen molar-refractivity contribution in [3.8, 4) is 11.3 Å². The van der Waals surface area contributed by atoms with Crippen LogP contribution in [-0.2, 0) is 13.6 Å². The van der Waals surface area contributed by atoms with Crippen LogP contribution in [0.2, 0.25) is 0 Å². The van der Waals surface area contributed by atoms with Crippen LogP contribution >= 0.6 is 0 Å². The molecule has 4 aromatic rings. The summed E-state index contributed by atoms with van der Waals surface area (Å²) < 4.78 is 1.97. The molecule has 9 heteroatoms. The number of aryl methyl sites for hydroxylation is 1. The molecule has 3 N–H and O–H groups in total. The van der Waals surface area contributed by atoms with Crippen molar-refractivity contribution in [2.75, 3.05) is 23.3 Å². The van der Waals surface area contributed by atoms with Crippen LogP contribution in [0.4, 0.5) is 17.2 Å². The standard InChI is InChI=1S/C28H31N7O2/c1-28(2,37)17-5-4-11-35(16-17)18-6-7-23(30-13-18)33-22-15-31-25(21-14-32-27(36)24(21)22)19-8-10-29-26-20(19)9-12-34(26)3/h6-10,12-13,15,17,37H,4-5,11,14,16H2,1-3H3,(H,30,33)(H,32,36)/t17-/m1/s1. The molecule has 2 aliphatic heterocycles. The highest BCUT2D eigenvalue weighted by Crippen LogP contribution is 2.36. The number of hydrogen-bond donors (Lipinski definition) is 3. The van der Waals surface area contributed by atoms with E-state index in [9.17, 15) is 9.90 Å². The third kappa shape index (κ3) is 4.19. The first kappa shape index (κ1) is 23.4. The summed E-state index contributed by atoms with van der Waals surface area (Å²) in [6, 6.07) is 7.93. The van der Waals surface area contributed by atoms with Crippen molar-refractivity contribution in [3.63, 3.8) is 0 Å². The van der Waals surface area contributed by atoms with Crippen molar-refractivity contribution in [3.05, 3.63) is 60.2 Å². The number of fused-ring (bicyclic) bond motifs is 2. The van der Waals surface area contributed by atoms with Crippen LogP contribution < -0.4 is 15.5 Å². The maximum Gasteiger partial charge on any atom is 0.254 e. The smallest absolute Gasteiger partial charge is 0.254 e. The number of carbonyl (C=O) groups excluding carboxylic acids is 1. The highest BCUT2D eigenvalue weighted by atomic mass is 16.3. The van der Waals surface area contributed by atoms with Gasteiger partial charge in [-0.25, -0.2) is 9.97 Å². The van der Waals surface area contributed by atoms with Gasteiger partial charge in [-0.2, -0.15) is 0 Å². The molecule has 0 unspecified atom stereocenters. The maximum absolute atomic E-state index is 12.9. The quantitative estimate of drug-likeness (QED) is 0.382. The van der Waals surface area contributed by atoms with Gasteiger partial charge in [-0.1, -0.05) is 0 Å². The summed E-state index contributed by atoms with van der Waals surface area (Å²) in [5.74, 6) is 0.745. The van der Waals surface area contributed by atoms with E-state index in [1.54, 1.807) is 12.4 Å². The maximum atomic E-state index is 12.9. The Hall–Kier alpha value is -3.98. The summed E-state index contributed by atoms with van der Waals surface area (Å²) in [4.78, 5) is 29.0. The molecule has 4 aromatic heterocycles. The number of pyridine rings is 3. The lowest BCUT2D eigenvalue weighted by molar-refractivity contribution is 0.0110. The molecule has 1 amide bonds. The molecule has 0 saturated carbocycles. The van der Waals surface area contributed by atoms with Crippen LogP contribution in [-0.4, -0.2) is 49.2 Å². The summed E-state index contributed by atoms with van der Waals surface area (Å²) in [6.07, 6.45) is 9.38. The van der Waals surface area contributed by atoms with Crippen LogP contribution in [0.15, 0.2) is 49.1 Å². The van der Waals surface area contributed by atoms with Gasteiger partial charge >= 0.3 is 0 Å². The Balaban J connectivity index is 1.28. The SMILES string of the molecule is Cn1ccc2c(-c3ncc(Nc4ccc(N5CCC[C@@H](C(C)(C)O)C5)cn4)c4c3CNC4=O)ccnc21. The second-order valence-electron chi connectivity index (χ2n) is 10.5. The molecule has 6 rings (SSSR count). The summed E-state index contributed by atoms with van der Waals surface area (Å²) in [7, 11) is 1.96. The van der Waals surface area contributed by atoms with Gasteiger partial charge in [0.1, 0.15) is 11.5 Å². The van der Waals surface area contributed by atoms with E-state index in [2.05, 4.69) is 25.5 Å². The summed E-state index contributed by atoms with van der Waals surface area (Å²) >= 11 is 0. The van der Waals surface area contributed by atoms with Crippen molar-refractivity contribution < 1.29 is 9.90 Å². The number of carbonyl (C=O) groups is 1. The minimum absolute atomic E-state index is 0.123. The van der Waals surface area contributed by atoms with Gasteiger partial charge in [0.05, 0.1) is 40.6 Å². The fourth-order valence-electron chi connectivity index (χ4n) is 5.51. The third-order valence-corrected chi connectivity index (χ3v) is 7.65. The first-order valence-electron chi connectivity index (χ1n) is 12.7. The van der Waals surface area contributed by atoms with E-state index in [1.807, 2.05) is 62.1 Å². The fraction of sp³-hybridized carbons (Fsp3) is 0.357. The fourth-order valence-corrected chi connectivity index (χ4v) is 5.51. The largest absolute Gasteiger partial charge is 0.390 e. The molecule has 9 nitrogen and oxygen atoms in total. The lowest BCUT2D eigenvalue weighted by atomic mass is 9.84. The van der Waals surface area contributed by atoms with Gasteiger partial charge in [-0.05, 0) is 51.0 Å². The summed E-state index contributed by atoms with van der Waals surface area (Å²) in [6.45, 7) is 5.95. The molecule has 0 bridgehead atoms. The highest BCUT2D eigenvalue weighted by molar-refractivity contribution is 6.06. The Morgan fingerprint density at radius 2 is 2.00 bits per heavy atom. The zero-order valence-corrected chi connectivity index (χ0v) is 21.3. The Morgan fingerprint density at radius 3 is 2.78 bits per heavy atom. The number of nitrogens with one attached hydrogen (secondary N) is 2. The molecule has 1 atom stereocenters. The Bertz CT molecular complexity index is 1490. The first-order valence-corrected chi connectivity index (χ1v) is 12.7. The Labute approximate surface area is 215 Å². The van der Waals surface area contributed by atoms with E-state index in [0.29, 0.717) is 23.6 Å². The topological polar surface area (TPSA) is 108 Å². The molecule has 0 aliphatic carbocycles. The first-order chi connectivity index (χ1) is 17.8. The second-order valence-corrected chi connectivity index (χ2v) is 10.5. The van der Waals surface area contributed by atoms with Gasteiger partial charge in [-0.3, -0.25) is 9.78 Å². The Kier molecular flexibility index (Phi) is 5.60. The highest BCUT2D eigenvalue weighted by Gasteiger charge is 2.32. The summed E-state index contributed by atoms with van der Waals surface area (Å²) in [5, 5.41) is 17.7. The van der Waals surface area contributed by atoms with Crippen LogP contribution in [0.1, 0.15) is 42.6 Å². The van der Waals surface area contributed by atoms with Gasteiger partial charge in [0.25, 0.3) is 5.91 Å². The molecule has 0 aromatic carbocycles. The zero-order valence-electron chi connectivity index (χ0n) is 21.3. The van der Waals surface area contributed by atoms with Gasteiger partial charge in [0.15, 0.2) is 0 Å². The van der Waals surface area contributed by atoms with Crippen LogP contribution in [0.5, 0.6) is 0 Å². The van der Waals surface area contributed by atoms with Gasteiger partial charge in [-0.15, -0.1) is 0 Å². The molecule has 2 aliphatic rings. The molecule has 1 saturated heterocycles. The molecule has 190 valence electrons. The summed E-state index contributed by atoms with van der Waals surface area (Å²) in [5.41, 5.74) is 5.05. The monoisotopic (exact) mass is 497 g/mol. The third-order valence-electron chi connectivity index (χ3n) is 7.65. The van der Waals surface area contributed by atoms with Gasteiger partial charge < -0.3 is 25.2 Å². The van der Waals surface area contributed by atoms with Crippen molar-refractivity contribution in [2.45, 2.75) is 38.8 Å². The van der Waals surface area contributed by atoms with Crippen molar-refractivity contribution in [1.29, 1.82) is 0 Å². The number of aromatic nitrogens is 4. The lowest BCUT2D eigenvalue weighted by Gasteiger charge is -2.39. The number of piperidine rings is 1. The van der Waals surface area contributed by atoms with Crippen LogP contribution in [0, 0.1) is 5.92 Å². The second kappa shape index (κ2) is 8.85. The van der Waals surface area contributed by atoms with E-state index in [1.165, 1.54) is 0 Å². The zero-order chi connectivity index (χ0) is 25.7. The number of aliphatic hydroxyl groups is 1. The van der Waals surface area contributed by atoms with E-state index in [-0.39, 0.29) is 11.8 Å². The number of hydrogen-bond acceptors (Lipinski definition) is 7. The van der Waals surface area contributed by atoms with Crippen molar-refractivity contribution in [1.82, 2.24) is 24.8 Å². The van der Waals surface area contributed by atoms with E-state index >= 15 is 0 Å². The number of amides is 1. The molecule has 1 fully saturated rings. The van der Waals surface area contributed by atoms with Crippen molar-refractivity contribution in [2.24, 2.45) is 13.0 Å². The van der Waals surface area contributed by atoms with Crippen LogP contribution in [0.3, 0.4) is 0 Å². The molecule has 0 spiro atoms. The molecular weight excluding hydrogens is 466 g/mol. The molecule has 0 radical (unpaired) electrons. The van der Waals surface area contributed by atoms with Gasteiger partial charge in [0, 0.05) is 61.5 Å². The Morgan fingerprint density at radius 1 is 1.14 bits per heavy atom. The predicted octanol–water partition coefficient (Wildman–Crippen LogP) is 4.00. The lowest BCUT2D eigenvalue weighted by Crippen LogP contribution is -2.44. The number of rotatable bonds is 5. The minimum Gasteiger partial charge on any atom is -0.390 e. The normalized spacial score (nSPS) is 17.7. The average Bonchev–Trinajstić information content (AvgIpc) is 3.47. The molecule has 37 heavy (non-hydrogen) atoms. The molecular formula is C28H31N7O2. The van der Waals surface area contributed by atoms with Crippen LogP contribution in [0.25, 0.3) is 22.3 Å². The van der Waals surface area contributed by atoms with Gasteiger partial charge in [0.2, 0.25) is 0 Å². The number of nitrogens with zero attached hydrogens (tertiary/aromatic N) is 5. The molecule has 6 heterocycles. The van der Waals surface area contributed by atoms with Crippen molar-refractivity contribution >= 4 is 34.1 Å². The van der Waals surface area contributed by atoms with E-state index in [4.69, 9.17) is 4.98 Å². The minimum atomic E-state index is -0.698. The van der Waals surface area contributed by atoms with E-state index < -0.39 is 5.60 Å². The van der Waals surface area contributed by atoms with E-state index in [0.717, 1.165) is 59.5 Å².